The maximum atomic E-state index is 14.8. The molecule has 53 heavy (non-hydrogen) atoms. The van der Waals surface area contributed by atoms with E-state index in [0.717, 1.165) is 49.9 Å². The van der Waals surface area contributed by atoms with E-state index in [-0.39, 0.29) is 32.9 Å². The molecule has 1 aromatic rings. The Hall–Kier alpha value is -3.04. The predicted molar refractivity (Wildman–Crippen MR) is 203 cm³/mol. The summed E-state index contributed by atoms with van der Waals surface area (Å²) in [7, 11) is -2.31. The van der Waals surface area contributed by atoms with Crippen LogP contribution in [0.2, 0.25) is 0 Å². The first-order valence-corrected chi connectivity index (χ1v) is 21.2. The standard InChI is InChI=1S/C38H60N6O7S2/c1-34(2,3)26(21-43(9)53(50,51)27-15-11-18-52-27)41-33(49)42-29(35(4,5)6)32(48)44-22-38(36(7,8)37(38)16-12-17-37)20-25(44)31(47)40-24(28(45)30(39)46)19-23-13-10-14-23/h11,15,18,23-26,29H,10,12-14,16-17,19-22H2,1-9H3,(H2,39,46)(H,40,47)(H2,41,42,49)/t24?,25-,26-,29+,38-/m0/s1. The Bertz CT molecular complexity index is 1710. The third-order valence-electron chi connectivity index (χ3n) is 13.4. The molecule has 1 unspecified atom stereocenters. The van der Waals surface area contributed by atoms with E-state index in [0.29, 0.717) is 19.4 Å². The van der Waals surface area contributed by atoms with E-state index in [4.69, 9.17) is 5.73 Å². The van der Waals surface area contributed by atoms with Crippen molar-refractivity contribution in [3.63, 3.8) is 0 Å². The Kier molecular flexibility index (Phi) is 11.0. The van der Waals surface area contributed by atoms with E-state index >= 15 is 0 Å². The monoisotopic (exact) mass is 776 g/mol. The number of hydrogen-bond acceptors (Lipinski definition) is 8. The lowest BCUT2D eigenvalue weighted by molar-refractivity contribution is -0.143. The smallest absolute Gasteiger partial charge is 0.315 e. The van der Waals surface area contributed by atoms with Crippen molar-refractivity contribution in [3.05, 3.63) is 17.5 Å². The maximum absolute atomic E-state index is 14.8. The van der Waals surface area contributed by atoms with Crippen LogP contribution in [0.5, 0.6) is 0 Å². The molecule has 15 heteroatoms. The van der Waals surface area contributed by atoms with Crippen LogP contribution in [0.25, 0.3) is 0 Å². The summed E-state index contributed by atoms with van der Waals surface area (Å²) in [6.07, 6.45) is 6.67. The van der Waals surface area contributed by atoms with E-state index in [1.165, 1.54) is 17.4 Å². The van der Waals surface area contributed by atoms with E-state index in [2.05, 4.69) is 29.8 Å². The number of nitrogens with zero attached hydrogens (tertiary/aromatic N) is 2. The number of amides is 5. The molecule has 5 atom stereocenters. The molecule has 296 valence electrons. The molecule has 3 aliphatic carbocycles. The Labute approximate surface area is 319 Å². The second-order valence-electron chi connectivity index (χ2n) is 18.7. The quantitative estimate of drug-likeness (QED) is 0.218. The Balaban J connectivity index is 1.39. The number of rotatable bonds is 13. The predicted octanol–water partition coefficient (Wildman–Crippen LogP) is 4.02. The van der Waals surface area contributed by atoms with Gasteiger partial charge in [0, 0.05) is 31.6 Å². The average Bonchev–Trinajstić information content (AvgIpc) is 3.50. The van der Waals surface area contributed by atoms with Gasteiger partial charge in [0.1, 0.15) is 16.3 Å². The maximum Gasteiger partial charge on any atom is 0.315 e. The molecule has 2 spiro atoms. The summed E-state index contributed by atoms with van der Waals surface area (Å²) >= 11 is 1.12. The molecule has 1 aromatic heterocycles. The van der Waals surface area contributed by atoms with Crippen LogP contribution in [0.15, 0.2) is 21.7 Å². The molecule has 5 N–H and O–H groups in total. The topological polar surface area (TPSA) is 188 Å². The summed E-state index contributed by atoms with van der Waals surface area (Å²) in [6.45, 7) is 16.0. The zero-order chi connectivity index (χ0) is 39.5. The Morgan fingerprint density at radius 1 is 0.981 bits per heavy atom. The number of Topliss-reactive ketones (excluding diaryl/α,β-unsaturated/α-hetero) is 1. The van der Waals surface area contributed by atoms with Gasteiger partial charge in [-0.15, -0.1) is 11.3 Å². The van der Waals surface area contributed by atoms with Crippen LogP contribution in [0.1, 0.15) is 107 Å². The SMILES string of the molecule is CN(C[C@H](NC(=O)N[C@H](C(=O)N1C[C@@]2(C[C@H]1C(=O)NC(CC1CCC1)C(=O)C(N)=O)C(C)(C)C21CCC1)C(C)(C)C)C(C)(C)C)S(=O)(=O)c1cccs1. The first-order chi connectivity index (χ1) is 24.4. The summed E-state index contributed by atoms with van der Waals surface area (Å²) in [5, 5.41) is 10.4. The molecule has 1 saturated heterocycles. The van der Waals surface area contributed by atoms with E-state index < -0.39 is 74.6 Å². The molecular formula is C38H60N6O7S2. The van der Waals surface area contributed by atoms with Gasteiger partial charge in [0.15, 0.2) is 0 Å². The van der Waals surface area contributed by atoms with Crippen molar-refractivity contribution in [2.24, 2.45) is 38.7 Å². The second-order valence-corrected chi connectivity index (χ2v) is 21.9. The lowest BCUT2D eigenvalue weighted by Gasteiger charge is -2.38. The largest absolute Gasteiger partial charge is 0.363 e. The van der Waals surface area contributed by atoms with E-state index in [1.807, 2.05) is 41.5 Å². The van der Waals surface area contributed by atoms with Gasteiger partial charge in [0.05, 0.1) is 6.04 Å². The Morgan fingerprint density at radius 2 is 1.62 bits per heavy atom. The van der Waals surface area contributed by atoms with Crippen LogP contribution in [-0.4, -0.2) is 91.5 Å². The number of fused-ring (bicyclic) bond motifs is 1. The van der Waals surface area contributed by atoms with Crippen molar-refractivity contribution >= 4 is 50.9 Å². The van der Waals surface area contributed by atoms with Crippen molar-refractivity contribution in [2.45, 2.75) is 135 Å². The summed E-state index contributed by atoms with van der Waals surface area (Å²) in [5.41, 5.74) is 3.62. The number of hydrogen-bond donors (Lipinski definition) is 4. The fourth-order valence-electron chi connectivity index (χ4n) is 9.40. The molecule has 4 aliphatic rings. The summed E-state index contributed by atoms with van der Waals surface area (Å²) in [4.78, 5) is 69.5. The molecule has 4 fully saturated rings. The molecule has 5 rings (SSSR count). The molecular weight excluding hydrogens is 717 g/mol. The van der Waals surface area contributed by atoms with Crippen LogP contribution in [0.4, 0.5) is 4.79 Å². The van der Waals surface area contributed by atoms with Crippen LogP contribution in [0.3, 0.4) is 0 Å². The number of thiophene rings is 1. The minimum atomic E-state index is -3.78. The normalized spacial score (nSPS) is 25.2. The summed E-state index contributed by atoms with van der Waals surface area (Å²) in [5.74, 6) is -2.65. The molecule has 0 aromatic carbocycles. The first-order valence-electron chi connectivity index (χ1n) is 18.9. The molecule has 1 aliphatic heterocycles. The number of likely N-dealkylation sites (N-methyl/N-ethyl adjacent to an activating group) is 1. The molecule has 13 nitrogen and oxygen atoms in total. The van der Waals surface area contributed by atoms with Crippen molar-refractivity contribution in [1.29, 1.82) is 0 Å². The summed E-state index contributed by atoms with van der Waals surface area (Å²) < 4.78 is 27.9. The Morgan fingerprint density at radius 3 is 2.08 bits per heavy atom. The van der Waals surface area contributed by atoms with Crippen molar-refractivity contribution in [2.75, 3.05) is 20.1 Å². The third-order valence-corrected chi connectivity index (χ3v) is 16.6. The number of ketones is 1. The lowest BCUT2D eigenvalue weighted by atomic mass is 9.73. The van der Waals surface area contributed by atoms with Crippen LogP contribution in [-0.2, 0) is 29.2 Å². The van der Waals surface area contributed by atoms with Crippen LogP contribution < -0.4 is 21.7 Å². The fraction of sp³-hybridized carbons (Fsp3) is 0.763. The van der Waals surface area contributed by atoms with Gasteiger partial charge in [-0.3, -0.25) is 19.2 Å². The van der Waals surface area contributed by atoms with Crippen molar-refractivity contribution in [3.8, 4) is 0 Å². The number of nitrogens with two attached hydrogens (primary N) is 1. The molecule has 3 saturated carbocycles. The summed E-state index contributed by atoms with van der Waals surface area (Å²) in [6, 6.07) is -1.10. The number of carbonyl (C=O) groups is 5. The zero-order valence-electron chi connectivity index (χ0n) is 32.8. The van der Waals surface area contributed by atoms with Crippen LogP contribution in [0, 0.1) is 33.0 Å². The highest BCUT2D eigenvalue weighted by Gasteiger charge is 2.85. The highest BCUT2D eigenvalue weighted by atomic mass is 32.2. The van der Waals surface area contributed by atoms with E-state index in [1.54, 1.807) is 16.3 Å². The third kappa shape index (κ3) is 7.38. The number of nitrogens with one attached hydrogen (secondary N) is 3. The van der Waals surface area contributed by atoms with Gasteiger partial charge in [0.2, 0.25) is 17.6 Å². The fourth-order valence-corrected chi connectivity index (χ4v) is 11.8. The van der Waals surface area contributed by atoms with Gasteiger partial charge in [-0.05, 0) is 64.7 Å². The van der Waals surface area contributed by atoms with Gasteiger partial charge in [-0.25, -0.2) is 13.2 Å². The van der Waals surface area contributed by atoms with Gasteiger partial charge in [0.25, 0.3) is 15.9 Å². The van der Waals surface area contributed by atoms with Gasteiger partial charge < -0.3 is 26.6 Å². The number of likely N-dealkylation sites (tertiary alicyclic amines) is 1. The molecule has 2 heterocycles. The van der Waals surface area contributed by atoms with E-state index in [9.17, 15) is 32.4 Å². The first kappa shape index (κ1) is 41.1. The van der Waals surface area contributed by atoms with Gasteiger partial charge in [-0.2, -0.15) is 4.31 Å². The highest BCUT2D eigenvalue weighted by molar-refractivity contribution is 7.91. The van der Waals surface area contributed by atoms with Crippen LogP contribution >= 0.6 is 11.3 Å². The lowest BCUT2D eigenvalue weighted by Crippen LogP contribution is -2.62. The minimum absolute atomic E-state index is 0.000622. The number of carbonyl (C=O) groups excluding carboxylic acids is 5. The van der Waals surface area contributed by atoms with Gasteiger partial charge in [-0.1, -0.05) is 87.1 Å². The number of primary amides is 1. The van der Waals surface area contributed by atoms with Crippen molar-refractivity contribution < 1.29 is 32.4 Å². The zero-order valence-corrected chi connectivity index (χ0v) is 34.5. The minimum Gasteiger partial charge on any atom is -0.363 e. The second kappa shape index (κ2) is 14.2. The molecule has 0 bridgehead atoms. The molecule has 0 radical (unpaired) electrons. The highest BCUT2D eigenvalue weighted by Crippen LogP contribution is 2.88. The van der Waals surface area contributed by atoms with Crippen molar-refractivity contribution in [1.82, 2.24) is 25.2 Å². The number of sulfonamides is 1. The van der Waals surface area contributed by atoms with Gasteiger partial charge >= 0.3 is 6.03 Å². The number of urea groups is 1. The molecule has 5 amide bonds. The average molecular weight is 777 g/mol.